The first kappa shape index (κ1) is 14.2. The normalized spacial score (nSPS) is 29.0. The molecule has 1 amide bonds. The van der Waals surface area contributed by atoms with E-state index in [1.165, 1.54) is 12.8 Å². The van der Waals surface area contributed by atoms with E-state index in [1.807, 2.05) is 4.90 Å². The molecule has 1 aromatic heterocycles. The highest BCUT2D eigenvalue weighted by Crippen LogP contribution is 2.38. The molecule has 0 N–H and O–H groups in total. The van der Waals surface area contributed by atoms with E-state index < -0.39 is 0 Å². The molecule has 2 saturated heterocycles. The van der Waals surface area contributed by atoms with Crippen LogP contribution < -0.4 is 0 Å². The Hall–Kier alpha value is -1.43. The second kappa shape index (κ2) is 5.99. The predicted octanol–water partition coefficient (Wildman–Crippen LogP) is 1.76. The van der Waals surface area contributed by atoms with E-state index in [0.717, 1.165) is 57.1 Å². The van der Waals surface area contributed by atoms with Crippen molar-refractivity contribution in [1.82, 2.24) is 15.0 Å². The van der Waals surface area contributed by atoms with Gasteiger partial charge in [-0.3, -0.25) is 4.79 Å². The monoisotopic (exact) mass is 305 g/mol. The van der Waals surface area contributed by atoms with Gasteiger partial charge in [0.2, 0.25) is 11.8 Å². The topological polar surface area (TPSA) is 68.5 Å². The van der Waals surface area contributed by atoms with Crippen LogP contribution in [-0.2, 0) is 16.0 Å². The molecule has 1 aliphatic carbocycles. The number of likely N-dealkylation sites (tertiary alicyclic amines) is 1. The van der Waals surface area contributed by atoms with Crippen molar-refractivity contribution in [3.05, 3.63) is 11.7 Å². The number of carbonyl (C=O) groups excluding carboxylic acids is 1. The smallest absolute Gasteiger partial charge is 0.228 e. The van der Waals surface area contributed by atoms with Gasteiger partial charge in [0.15, 0.2) is 5.82 Å². The minimum absolute atomic E-state index is 0.0728. The average molecular weight is 305 g/mol. The Balaban J connectivity index is 1.34. The maximum atomic E-state index is 12.5. The molecular formula is C16H23N3O3. The fourth-order valence-corrected chi connectivity index (χ4v) is 3.52. The molecule has 120 valence electrons. The quantitative estimate of drug-likeness (QED) is 0.848. The number of hydrogen-bond acceptors (Lipinski definition) is 5. The zero-order valence-electron chi connectivity index (χ0n) is 12.9. The molecule has 1 saturated carbocycles. The van der Waals surface area contributed by atoms with E-state index >= 15 is 0 Å². The van der Waals surface area contributed by atoms with Crippen molar-refractivity contribution >= 4 is 5.91 Å². The molecule has 2 aliphatic heterocycles. The number of carbonyl (C=O) groups is 1. The Labute approximate surface area is 130 Å². The summed E-state index contributed by atoms with van der Waals surface area (Å²) in [6, 6.07) is 0. The van der Waals surface area contributed by atoms with E-state index in [9.17, 15) is 4.79 Å². The van der Waals surface area contributed by atoms with Crippen molar-refractivity contribution in [2.24, 2.45) is 11.8 Å². The molecule has 6 heteroatoms. The van der Waals surface area contributed by atoms with Gasteiger partial charge in [-0.2, -0.15) is 4.98 Å². The van der Waals surface area contributed by atoms with E-state index in [4.69, 9.17) is 9.26 Å². The second-order valence-corrected chi connectivity index (χ2v) is 6.88. The fourth-order valence-electron chi connectivity index (χ4n) is 3.52. The van der Waals surface area contributed by atoms with Crippen LogP contribution in [0.5, 0.6) is 0 Å². The first-order valence-corrected chi connectivity index (χ1v) is 8.48. The molecule has 3 heterocycles. The maximum Gasteiger partial charge on any atom is 0.228 e. The average Bonchev–Trinajstić information content (AvgIpc) is 3.05. The Morgan fingerprint density at radius 1 is 1.27 bits per heavy atom. The van der Waals surface area contributed by atoms with Crippen LogP contribution in [0, 0.1) is 11.8 Å². The number of aromatic nitrogens is 2. The van der Waals surface area contributed by atoms with Gasteiger partial charge in [-0.05, 0) is 38.0 Å². The summed E-state index contributed by atoms with van der Waals surface area (Å²) in [7, 11) is 0. The van der Waals surface area contributed by atoms with Crippen LogP contribution in [0.1, 0.15) is 49.7 Å². The molecular weight excluding hydrogens is 282 g/mol. The third-order valence-corrected chi connectivity index (χ3v) is 5.00. The predicted molar refractivity (Wildman–Crippen MR) is 78.2 cm³/mol. The molecule has 1 aromatic rings. The second-order valence-electron chi connectivity index (χ2n) is 6.88. The molecule has 0 unspecified atom stereocenters. The molecule has 0 spiro atoms. The maximum absolute atomic E-state index is 12.5. The summed E-state index contributed by atoms with van der Waals surface area (Å²) in [6.07, 6.45) is 6.24. The lowest BCUT2D eigenvalue weighted by molar-refractivity contribution is -0.137. The van der Waals surface area contributed by atoms with E-state index in [1.54, 1.807) is 0 Å². The SMILES string of the molecule is O=C([C@H]1CCOC1)N1CCC[C@H](Cc2nc(C3CC3)no2)C1. The number of ether oxygens (including phenoxy) is 1. The van der Waals surface area contributed by atoms with Crippen LogP contribution in [0.25, 0.3) is 0 Å². The largest absolute Gasteiger partial charge is 0.381 e. The van der Waals surface area contributed by atoms with Crippen LogP contribution in [0.3, 0.4) is 0 Å². The standard InChI is InChI=1S/C16H23N3O3/c20-16(13-5-7-21-10-13)19-6-1-2-11(9-19)8-14-17-15(18-22-14)12-3-4-12/h11-13H,1-10H2/t11-,13+/m1/s1. The van der Waals surface area contributed by atoms with Gasteiger partial charge in [-0.1, -0.05) is 5.16 Å². The zero-order chi connectivity index (χ0) is 14.9. The highest BCUT2D eigenvalue weighted by Gasteiger charge is 2.32. The summed E-state index contributed by atoms with van der Waals surface area (Å²) in [5.41, 5.74) is 0. The summed E-state index contributed by atoms with van der Waals surface area (Å²) in [6.45, 7) is 3.01. The van der Waals surface area contributed by atoms with Gasteiger partial charge in [0.05, 0.1) is 12.5 Å². The summed E-state index contributed by atoms with van der Waals surface area (Å²) in [5.74, 6) is 2.93. The van der Waals surface area contributed by atoms with Crippen molar-refractivity contribution in [3.8, 4) is 0 Å². The molecule has 4 rings (SSSR count). The molecule has 6 nitrogen and oxygen atoms in total. The molecule has 3 fully saturated rings. The summed E-state index contributed by atoms with van der Waals surface area (Å²) < 4.78 is 10.7. The van der Waals surface area contributed by atoms with Crippen molar-refractivity contribution in [1.29, 1.82) is 0 Å². The molecule has 22 heavy (non-hydrogen) atoms. The molecule has 2 atom stereocenters. The lowest BCUT2D eigenvalue weighted by Crippen LogP contribution is -2.43. The molecule has 0 bridgehead atoms. The highest BCUT2D eigenvalue weighted by molar-refractivity contribution is 5.79. The lowest BCUT2D eigenvalue weighted by atomic mass is 9.93. The summed E-state index contributed by atoms with van der Waals surface area (Å²) in [5, 5.41) is 4.08. The van der Waals surface area contributed by atoms with Gasteiger partial charge in [-0.15, -0.1) is 0 Å². The minimum Gasteiger partial charge on any atom is -0.381 e. The molecule has 0 aromatic carbocycles. The van der Waals surface area contributed by atoms with Gasteiger partial charge in [-0.25, -0.2) is 0 Å². The fraction of sp³-hybridized carbons (Fsp3) is 0.812. The number of amides is 1. The van der Waals surface area contributed by atoms with Crippen LogP contribution in [0.15, 0.2) is 4.52 Å². The van der Waals surface area contributed by atoms with Gasteiger partial charge < -0.3 is 14.2 Å². The van der Waals surface area contributed by atoms with Crippen LogP contribution in [0.2, 0.25) is 0 Å². The summed E-state index contributed by atoms with van der Waals surface area (Å²) in [4.78, 5) is 19.0. The first-order valence-electron chi connectivity index (χ1n) is 8.48. The lowest BCUT2D eigenvalue weighted by Gasteiger charge is -2.33. The minimum atomic E-state index is 0.0728. The zero-order valence-corrected chi connectivity index (χ0v) is 12.9. The van der Waals surface area contributed by atoms with E-state index in [0.29, 0.717) is 18.4 Å². The highest BCUT2D eigenvalue weighted by atomic mass is 16.5. The van der Waals surface area contributed by atoms with Crippen molar-refractivity contribution in [2.45, 2.75) is 44.4 Å². The summed E-state index contributed by atoms with van der Waals surface area (Å²) >= 11 is 0. The molecule has 3 aliphatic rings. The van der Waals surface area contributed by atoms with Gasteiger partial charge in [0, 0.05) is 32.0 Å². The van der Waals surface area contributed by atoms with Gasteiger partial charge >= 0.3 is 0 Å². The van der Waals surface area contributed by atoms with E-state index in [-0.39, 0.29) is 11.8 Å². The number of rotatable bonds is 4. The first-order chi connectivity index (χ1) is 10.8. The van der Waals surface area contributed by atoms with Gasteiger partial charge in [0.1, 0.15) is 0 Å². The van der Waals surface area contributed by atoms with Crippen molar-refractivity contribution < 1.29 is 14.1 Å². The van der Waals surface area contributed by atoms with Crippen LogP contribution >= 0.6 is 0 Å². The Kier molecular flexibility index (Phi) is 3.86. The third kappa shape index (κ3) is 3.02. The van der Waals surface area contributed by atoms with Crippen LogP contribution in [0.4, 0.5) is 0 Å². The third-order valence-electron chi connectivity index (χ3n) is 5.00. The Morgan fingerprint density at radius 2 is 2.18 bits per heavy atom. The van der Waals surface area contributed by atoms with Crippen molar-refractivity contribution in [3.63, 3.8) is 0 Å². The van der Waals surface area contributed by atoms with Gasteiger partial charge in [0.25, 0.3) is 0 Å². The van der Waals surface area contributed by atoms with Crippen LogP contribution in [-0.4, -0.2) is 47.3 Å². The number of piperidine rings is 1. The Bertz CT molecular complexity index is 534. The molecule has 0 radical (unpaired) electrons. The van der Waals surface area contributed by atoms with E-state index in [2.05, 4.69) is 10.1 Å². The Morgan fingerprint density at radius 3 is 2.95 bits per heavy atom. The number of nitrogens with zero attached hydrogens (tertiary/aromatic N) is 3. The van der Waals surface area contributed by atoms with Crippen molar-refractivity contribution in [2.75, 3.05) is 26.3 Å². The number of hydrogen-bond donors (Lipinski definition) is 0.